The molecule has 0 bridgehead atoms. The zero-order valence-corrected chi connectivity index (χ0v) is 9.36. The second kappa shape index (κ2) is 4.32. The minimum atomic E-state index is -4.79. The molecule has 0 aliphatic rings. The number of oxazole rings is 1. The van der Waals surface area contributed by atoms with Crippen molar-refractivity contribution in [1.82, 2.24) is 4.57 Å². The van der Waals surface area contributed by atoms with E-state index in [4.69, 9.17) is 4.42 Å². The summed E-state index contributed by atoms with van der Waals surface area (Å²) in [6.07, 6.45) is -4.74. The van der Waals surface area contributed by atoms with Crippen LogP contribution >= 0.6 is 0 Å². The molecule has 0 unspecified atom stereocenters. The Morgan fingerprint density at radius 3 is 2.67 bits per heavy atom. The van der Waals surface area contributed by atoms with Crippen molar-refractivity contribution in [1.29, 1.82) is 0 Å². The Balaban J connectivity index is 2.81. The number of aromatic nitrogens is 1. The van der Waals surface area contributed by atoms with Gasteiger partial charge in [0.05, 0.1) is 5.52 Å². The fourth-order valence-corrected chi connectivity index (χ4v) is 1.56. The molecule has 0 amide bonds. The van der Waals surface area contributed by atoms with E-state index in [-0.39, 0.29) is 17.5 Å². The number of hydrogen-bond donors (Lipinski definition) is 0. The summed E-state index contributed by atoms with van der Waals surface area (Å²) < 4.78 is 42.6. The molecule has 4 nitrogen and oxygen atoms in total. The van der Waals surface area contributed by atoms with Crippen molar-refractivity contribution in [2.45, 2.75) is 19.6 Å². The molecular formula is C11H9F3N2O2. The number of nitrogens with zero attached hydrogens (tertiary/aromatic N) is 2. The van der Waals surface area contributed by atoms with Crippen LogP contribution in [-0.2, 0) is 0 Å². The molecule has 0 saturated carbocycles. The second-order valence-corrected chi connectivity index (χ2v) is 3.51. The van der Waals surface area contributed by atoms with E-state index in [1.807, 2.05) is 0 Å². The molecule has 1 aromatic heterocycles. The molecule has 1 heterocycles. The van der Waals surface area contributed by atoms with Crippen molar-refractivity contribution in [2.24, 2.45) is 4.99 Å². The zero-order chi connectivity index (χ0) is 13.3. The molecule has 2 aromatic rings. The average molecular weight is 258 g/mol. The largest absolute Gasteiger partial charge is 0.507 e. The van der Waals surface area contributed by atoms with E-state index in [1.165, 1.54) is 12.1 Å². The maximum absolute atomic E-state index is 12.3. The SMILES string of the molecule is CCC(=O)n1c(=NC(F)(F)F)oc2ccccc21. The van der Waals surface area contributed by atoms with Gasteiger partial charge in [-0.15, -0.1) is 18.2 Å². The summed E-state index contributed by atoms with van der Waals surface area (Å²) in [6, 6.07) is 6.19. The summed E-state index contributed by atoms with van der Waals surface area (Å²) in [5.41, 5.74) is -0.301. The van der Waals surface area contributed by atoms with E-state index in [0.29, 0.717) is 0 Å². The van der Waals surface area contributed by atoms with Gasteiger partial charge < -0.3 is 4.42 Å². The van der Waals surface area contributed by atoms with E-state index < -0.39 is 17.9 Å². The molecule has 7 heteroatoms. The van der Waals surface area contributed by atoms with Gasteiger partial charge in [0.15, 0.2) is 5.58 Å². The Hall–Kier alpha value is -2.05. The molecule has 0 saturated heterocycles. The van der Waals surface area contributed by atoms with Crippen LogP contribution in [0.5, 0.6) is 0 Å². The Kier molecular flexibility index (Phi) is 2.98. The standard InChI is InChI=1S/C11H9F3N2O2/c1-2-9(17)16-7-5-3-4-6-8(7)18-10(16)15-11(12,13)14/h3-6H,2H2,1H3. The van der Waals surface area contributed by atoms with E-state index in [1.54, 1.807) is 19.1 Å². The molecule has 18 heavy (non-hydrogen) atoms. The Morgan fingerprint density at radius 1 is 1.39 bits per heavy atom. The quantitative estimate of drug-likeness (QED) is 0.738. The number of fused-ring (bicyclic) bond motifs is 1. The molecule has 1 aromatic carbocycles. The van der Waals surface area contributed by atoms with Gasteiger partial charge in [-0.05, 0) is 12.1 Å². The van der Waals surface area contributed by atoms with Crippen LogP contribution in [0.4, 0.5) is 13.2 Å². The monoisotopic (exact) mass is 258 g/mol. The van der Waals surface area contributed by atoms with Crippen LogP contribution in [0, 0.1) is 0 Å². The highest BCUT2D eigenvalue weighted by Gasteiger charge is 2.28. The number of para-hydroxylation sites is 2. The van der Waals surface area contributed by atoms with Gasteiger partial charge in [0, 0.05) is 6.42 Å². The smallest absolute Gasteiger partial charge is 0.423 e. The predicted molar refractivity (Wildman–Crippen MR) is 56.7 cm³/mol. The van der Waals surface area contributed by atoms with Crippen molar-refractivity contribution >= 4 is 17.0 Å². The van der Waals surface area contributed by atoms with Crippen LogP contribution in [0.15, 0.2) is 33.7 Å². The first-order chi connectivity index (χ1) is 8.42. The van der Waals surface area contributed by atoms with Crippen molar-refractivity contribution < 1.29 is 22.4 Å². The van der Waals surface area contributed by atoms with Crippen molar-refractivity contribution in [2.75, 3.05) is 0 Å². The van der Waals surface area contributed by atoms with Crippen molar-refractivity contribution in [3.63, 3.8) is 0 Å². The van der Waals surface area contributed by atoms with Gasteiger partial charge in [-0.25, -0.2) is 4.57 Å². The highest BCUT2D eigenvalue weighted by Crippen LogP contribution is 2.17. The Labute approximate surface area is 99.4 Å². The predicted octanol–water partition coefficient (Wildman–Crippen LogP) is 2.71. The first kappa shape index (κ1) is 12.4. The third-order valence-electron chi connectivity index (χ3n) is 2.27. The summed E-state index contributed by atoms with van der Waals surface area (Å²) in [5.74, 6) is -0.511. The zero-order valence-electron chi connectivity index (χ0n) is 9.36. The summed E-state index contributed by atoms with van der Waals surface area (Å²) in [4.78, 5) is 14.1. The van der Waals surface area contributed by atoms with Crippen LogP contribution in [0.1, 0.15) is 18.1 Å². The lowest BCUT2D eigenvalue weighted by Gasteiger charge is -2.00. The molecule has 0 aliphatic heterocycles. The second-order valence-electron chi connectivity index (χ2n) is 3.51. The minimum absolute atomic E-state index is 0.0502. The topological polar surface area (TPSA) is 47.5 Å². The number of alkyl halides is 3. The van der Waals surface area contributed by atoms with Crippen molar-refractivity contribution in [3.05, 3.63) is 29.9 Å². The fourth-order valence-electron chi connectivity index (χ4n) is 1.56. The maximum Gasteiger partial charge on any atom is 0.507 e. The Morgan fingerprint density at radius 2 is 2.06 bits per heavy atom. The van der Waals surface area contributed by atoms with Crippen LogP contribution < -0.4 is 5.68 Å². The summed E-state index contributed by atoms with van der Waals surface area (Å²) in [7, 11) is 0. The molecule has 0 radical (unpaired) electrons. The number of rotatable bonds is 1. The van der Waals surface area contributed by atoms with Crippen LogP contribution in [-0.4, -0.2) is 16.8 Å². The highest BCUT2D eigenvalue weighted by molar-refractivity contribution is 5.88. The normalized spacial score (nSPS) is 13.2. The van der Waals surface area contributed by atoms with E-state index in [2.05, 4.69) is 4.99 Å². The highest BCUT2D eigenvalue weighted by atomic mass is 19.4. The van der Waals surface area contributed by atoms with Gasteiger partial charge >= 0.3 is 12.0 Å². The van der Waals surface area contributed by atoms with Crippen molar-refractivity contribution in [3.8, 4) is 0 Å². The molecule has 0 spiro atoms. The van der Waals surface area contributed by atoms with Crippen LogP contribution in [0.25, 0.3) is 11.1 Å². The summed E-state index contributed by atoms with van der Waals surface area (Å²) in [6.45, 7) is 1.55. The third kappa shape index (κ3) is 2.29. The lowest BCUT2D eigenvalue weighted by molar-refractivity contribution is -0.125. The molecule has 2 rings (SSSR count). The fraction of sp³-hybridized carbons (Fsp3) is 0.273. The number of benzene rings is 1. The minimum Gasteiger partial charge on any atom is -0.423 e. The lowest BCUT2D eigenvalue weighted by atomic mass is 10.3. The van der Waals surface area contributed by atoms with Gasteiger partial charge in [0.2, 0.25) is 5.91 Å². The van der Waals surface area contributed by atoms with Gasteiger partial charge in [-0.3, -0.25) is 4.79 Å². The summed E-state index contributed by atoms with van der Waals surface area (Å²) in [5, 5.41) is 0. The molecule has 0 aliphatic carbocycles. The first-order valence-electron chi connectivity index (χ1n) is 5.19. The number of halogens is 3. The number of hydrogen-bond acceptors (Lipinski definition) is 3. The first-order valence-corrected chi connectivity index (χ1v) is 5.19. The van der Waals surface area contributed by atoms with E-state index >= 15 is 0 Å². The molecule has 0 atom stereocenters. The van der Waals surface area contributed by atoms with E-state index in [0.717, 1.165) is 4.57 Å². The Bertz CT molecular complexity index is 652. The van der Waals surface area contributed by atoms with Gasteiger partial charge in [0.1, 0.15) is 0 Å². The van der Waals surface area contributed by atoms with E-state index in [9.17, 15) is 18.0 Å². The number of carbonyl (C=O) groups excluding carboxylic acids is 1. The number of carbonyl (C=O) groups is 1. The third-order valence-corrected chi connectivity index (χ3v) is 2.27. The average Bonchev–Trinajstić information content (AvgIpc) is 2.63. The molecule has 96 valence electrons. The summed E-state index contributed by atoms with van der Waals surface area (Å²) >= 11 is 0. The molecule has 0 N–H and O–H groups in total. The molecule has 0 fully saturated rings. The van der Waals surface area contributed by atoms with Crippen LogP contribution in [0.2, 0.25) is 0 Å². The van der Waals surface area contributed by atoms with Gasteiger partial charge in [-0.2, -0.15) is 0 Å². The molecular weight excluding hydrogens is 249 g/mol. The van der Waals surface area contributed by atoms with Gasteiger partial charge in [-0.1, -0.05) is 19.1 Å². The maximum atomic E-state index is 12.3. The van der Waals surface area contributed by atoms with Crippen LogP contribution in [0.3, 0.4) is 0 Å². The van der Waals surface area contributed by atoms with Gasteiger partial charge in [0.25, 0.3) is 0 Å². The lowest BCUT2D eigenvalue weighted by Crippen LogP contribution is -2.25.